The van der Waals surface area contributed by atoms with Gasteiger partial charge in [-0.05, 0) is 18.2 Å². The number of ether oxygens (including phenoxy) is 1. The van der Waals surface area contributed by atoms with Crippen LogP contribution in [-0.2, 0) is 0 Å². The zero-order chi connectivity index (χ0) is 19.3. The Morgan fingerprint density at radius 1 is 0.815 bits per heavy atom. The van der Waals surface area contributed by atoms with Gasteiger partial charge in [-0.3, -0.25) is 9.59 Å². The fourth-order valence-electron chi connectivity index (χ4n) is 3.08. The molecule has 0 amide bonds. The number of fused-ring (bicyclic) bond motifs is 2. The molecule has 0 fully saturated rings. The van der Waals surface area contributed by atoms with Gasteiger partial charge in [0, 0.05) is 11.6 Å². The highest BCUT2D eigenvalue weighted by atomic mass is 35.5. The number of phenols is 2. The van der Waals surface area contributed by atoms with Gasteiger partial charge in [0.2, 0.25) is 0 Å². The van der Waals surface area contributed by atoms with Crippen LogP contribution in [0.4, 0.5) is 5.69 Å². The zero-order valence-electron chi connectivity index (χ0n) is 13.7. The van der Waals surface area contributed by atoms with Gasteiger partial charge < -0.3 is 20.7 Å². The molecule has 1 aliphatic rings. The first-order valence-corrected chi connectivity index (χ1v) is 8.27. The highest BCUT2D eigenvalue weighted by molar-refractivity contribution is 6.40. The van der Waals surface area contributed by atoms with Crippen molar-refractivity contribution in [3.63, 3.8) is 0 Å². The molecule has 27 heavy (non-hydrogen) atoms. The van der Waals surface area contributed by atoms with Crippen LogP contribution in [0.1, 0.15) is 31.8 Å². The molecule has 3 aromatic rings. The van der Waals surface area contributed by atoms with Crippen molar-refractivity contribution in [2.24, 2.45) is 0 Å². The van der Waals surface area contributed by atoms with Crippen molar-refractivity contribution in [1.29, 1.82) is 0 Å². The number of para-hydroxylation sites is 2. The molecule has 7 heteroatoms. The number of carbonyl (C=O) groups is 2. The summed E-state index contributed by atoms with van der Waals surface area (Å²) in [6, 6.07) is 11.8. The summed E-state index contributed by atoms with van der Waals surface area (Å²) < 4.78 is 5.56. The van der Waals surface area contributed by atoms with Crippen LogP contribution >= 0.6 is 11.6 Å². The highest BCUT2D eigenvalue weighted by Gasteiger charge is 2.36. The molecule has 4 N–H and O–H groups in total. The fourth-order valence-corrected chi connectivity index (χ4v) is 3.34. The van der Waals surface area contributed by atoms with Crippen molar-refractivity contribution < 1.29 is 24.5 Å². The summed E-state index contributed by atoms with van der Waals surface area (Å²) in [4.78, 5) is 25.8. The third-order valence-electron chi connectivity index (χ3n) is 4.33. The minimum Gasteiger partial charge on any atom is -0.507 e. The number of nitrogens with two attached hydrogens (primary N) is 1. The van der Waals surface area contributed by atoms with Crippen molar-refractivity contribution in [2.75, 3.05) is 5.73 Å². The van der Waals surface area contributed by atoms with E-state index in [4.69, 9.17) is 22.1 Å². The van der Waals surface area contributed by atoms with E-state index in [1.54, 1.807) is 18.2 Å². The van der Waals surface area contributed by atoms with Gasteiger partial charge in [-0.1, -0.05) is 35.9 Å². The lowest BCUT2D eigenvalue weighted by Crippen LogP contribution is -2.23. The molecule has 4 rings (SSSR count). The van der Waals surface area contributed by atoms with Crippen LogP contribution in [0, 0.1) is 0 Å². The van der Waals surface area contributed by atoms with Crippen LogP contribution < -0.4 is 10.5 Å². The fraction of sp³-hybridized carbons (Fsp3) is 0. The van der Waals surface area contributed by atoms with Crippen LogP contribution in [0.2, 0.25) is 5.02 Å². The molecule has 0 aliphatic heterocycles. The molecular formula is C20H12ClNO5. The van der Waals surface area contributed by atoms with E-state index in [0.29, 0.717) is 0 Å². The van der Waals surface area contributed by atoms with Gasteiger partial charge in [0.05, 0.1) is 27.4 Å². The maximum Gasteiger partial charge on any atom is 0.199 e. The Labute approximate surface area is 158 Å². The van der Waals surface area contributed by atoms with Gasteiger partial charge in [0.25, 0.3) is 0 Å². The van der Waals surface area contributed by atoms with Crippen molar-refractivity contribution in [2.45, 2.75) is 0 Å². The molecule has 0 spiro atoms. The van der Waals surface area contributed by atoms with E-state index in [-0.39, 0.29) is 50.2 Å². The van der Waals surface area contributed by atoms with Crippen molar-refractivity contribution >= 4 is 28.9 Å². The summed E-state index contributed by atoms with van der Waals surface area (Å²) >= 11 is 6.08. The number of ketones is 2. The Morgan fingerprint density at radius 3 is 2.30 bits per heavy atom. The summed E-state index contributed by atoms with van der Waals surface area (Å²) in [7, 11) is 0. The Balaban J connectivity index is 1.92. The zero-order valence-corrected chi connectivity index (χ0v) is 14.4. The van der Waals surface area contributed by atoms with Crippen LogP contribution in [0.3, 0.4) is 0 Å². The molecule has 0 saturated carbocycles. The molecule has 134 valence electrons. The number of benzene rings is 3. The molecule has 1 aliphatic carbocycles. The van der Waals surface area contributed by atoms with Gasteiger partial charge in [-0.15, -0.1) is 0 Å². The maximum absolute atomic E-state index is 12.9. The Morgan fingerprint density at radius 2 is 1.56 bits per heavy atom. The number of nitrogen functional groups attached to an aromatic ring is 1. The van der Waals surface area contributed by atoms with Gasteiger partial charge in [0.15, 0.2) is 28.8 Å². The van der Waals surface area contributed by atoms with Gasteiger partial charge >= 0.3 is 0 Å². The number of carbonyl (C=O) groups excluding carboxylic acids is 2. The van der Waals surface area contributed by atoms with Crippen LogP contribution in [0.15, 0.2) is 48.5 Å². The second-order valence-electron chi connectivity index (χ2n) is 5.95. The summed E-state index contributed by atoms with van der Waals surface area (Å²) in [5.41, 5.74) is 5.74. The van der Waals surface area contributed by atoms with Crippen molar-refractivity contribution in [3.8, 4) is 23.0 Å². The molecule has 3 aromatic carbocycles. The van der Waals surface area contributed by atoms with Gasteiger partial charge in [-0.25, -0.2) is 0 Å². The minimum absolute atomic E-state index is 0.0285. The third kappa shape index (κ3) is 2.50. The van der Waals surface area contributed by atoms with Crippen LogP contribution in [0.5, 0.6) is 23.0 Å². The largest absolute Gasteiger partial charge is 0.507 e. The first kappa shape index (κ1) is 16.9. The first-order valence-electron chi connectivity index (χ1n) is 7.89. The lowest BCUT2D eigenvalue weighted by molar-refractivity contribution is 0.0977. The van der Waals surface area contributed by atoms with E-state index >= 15 is 0 Å². The topological polar surface area (TPSA) is 110 Å². The molecule has 0 atom stereocenters. The van der Waals surface area contributed by atoms with E-state index in [9.17, 15) is 19.8 Å². The molecule has 0 heterocycles. The predicted molar refractivity (Wildman–Crippen MR) is 99.0 cm³/mol. The Bertz CT molecular complexity index is 1140. The van der Waals surface area contributed by atoms with E-state index in [1.807, 2.05) is 0 Å². The van der Waals surface area contributed by atoms with Gasteiger partial charge in [-0.2, -0.15) is 0 Å². The Hall–Kier alpha value is -3.51. The minimum atomic E-state index is -0.594. The number of phenolic OH excluding ortho intramolecular Hbond substituents is 2. The number of hydrogen-bond donors (Lipinski definition) is 3. The second kappa shape index (κ2) is 6.03. The normalized spacial score (nSPS) is 12.5. The van der Waals surface area contributed by atoms with Crippen molar-refractivity contribution in [3.05, 3.63) is 75.8 Å². The first-order chi connectivity index (χ1) is 12.9. The number of hydrogen-bond acceptors (Lipinski definition) is 6. The van der Waals surface area contributed by atoms with Gasteiger partial charge in [0.1, 0.15) is 5.75 Å². The molecule has 0 radical (unpaired) electrons. The maximum atomic E-state index is 12.9. The van der Waals surface area contributed by atoms with E-state index < -0.39 is 17.3 Å². The number of anilines is 1. The quantitative estimate of drug-likeness (QED) is 0.359. The van der Waals surface area contributed by atoms with E-state index in [1.165, 1.54) is 24.3 Å². The summed E-state index contributed by atoms with van der Waals surface area (Å²) in [6.45, 7) is 0. The SMILES string of the molecule is Nc1c(Oc2ccccc2O)cc(O)c2c1C(=O)c1cccc(Cl)c1C2=O. The number of rotatable bonds is 2. The highest BCUT2D eigenvalue weighted by Crippen LogP contribution is 2.44. The Kier molecular flexibility index (Phi) is 3.78. The molecule has 6 nitrogen and oxygen atoms in total. The number of halogens is 1. The molecule has 0 unspecified atom stereocenters. The standard InChI is InChI=1S/C20H12ClNO5/c21-10-5-3-4-9-15(10)20(26)16-12(24)8-14(18(22)17(16)19(9)25)27-13-7-2-1-6-11(13)23/h1-8,23-24H,22H2. The van der Waals surface area contributed by atoms with Crippen molar-refractivity contribution in [1.82, 2.24) is 0 Å². The van der Waals surface area contributed by atoms with Crippen LogP contribution in [0.25, 0.3) is 0 Å². The van der Waals surface area contributed by atoms with Crippen LogP contribution in [-0.4, -0.2) is 21.8 Å². The van der Waals surface area contributed by atoms with E-state index in [2.05, 4.69) is 0 Å². The lowest BCUT2D eigenvalue weighted by atomic mass is 9.82. The summed E-state index contributed by atoms with van der Waals surface area (Å²) in [5, 5.41) is 20.4. The molecule has 0 aromatic heterocycles. The monoisotopic (exact) mass is 381 g/mol. The average molecular weight is 382 g/mol. The smallest absolute Gasteiger partial charge is 0.199 e. The summed E-state index contributed by atoms with van der Waals surface area (Å²) in [5.74, 6) is -1.72. The lowest BCUT2D eigenvalue weighted by Gasteiger charge is -2.22. The molecule has 0 bridgehead atoms. The number of aromatic hydroxyl groups is 2. The molecule has 0 saturated heterocycles. The third-order valence-corrected chi connectivity index (χ3v) is 4.65. The van der Waals surface area contributed by atoms with E-state index in [0.717, 1.165) is 6.07 Å². The molecular weight excluding hydrogens is 370 g/mol. The predicted octanol–water partition coefficient (Wildman–Crippen LogP) is 3.90. The second-order valence-corrected chi connectivity index (χ2v) is 6.36. The summed E-state index contributed by atoms with van der Waals surface area (Å²) in [6.07, 6.45) is 0. The average Bonchev–Trinajstić information content (AvgIpc) is 2.64.